The molecule has 5 aromatic rings. The Hall–Kier alpha value is -3.48. The first-order valence-corrected chi connectivity index (χ1v) is 11.9. The number of rotatable bonds is 6. The van der Waals surface area contributed by atoms with Crippen molar-refractivity contribution >= 4 is 45.6 Å². The molecule has 3 heterocycles. The predicted molar refractivity (Wildman–Crippen MR) is 135 cm³/mol. The van der Waals surface area contributed by atoms with Crippen molar-refractivity contribution in [3.05, 3.63) is 100 Å². The molecule has 0 saturated heterocycles. The molecule has 7 heteroatoms. The summed E-state index contributed by atoms with van der Waals surface area (Å²) >= 11 is 7.93. The van der Waals surface area contributed by atoms with E-state index in [9.17, 15) is 4.79 Å². The molecule has 1 N–H and O–H groups in total. The summed E-state index contributed by atoms with van der Waals surface area (Å²) in [7, 11) is 0. The summed E-state index contributed by atoms with van der Waals surface area (Å²) < 4.78 is 1.80. The van der Waals surface area contributed by atoms with Crippen molar-refractivity contribution in [1.82, 2.24) is 14.8 Å². The van der Waals surface area contributed by atoms with Gasteiger partial charge in [0, 0.05) is 27.5 Å². The Balaban J connectivity index is 1.46. The number of aryl methyl sites for hydroxylation is 1. The molecular weight excluding hydrogens is 452 g/mol. The maximum atomic E-state index is 13.3. The first kappa shape index (κ1) is 21.4. The molecule has 0 aliphatic rings. The average molecular weight is 473 g/mol. The number of nitrogens with zero attached hydrogens (tertiary/aromatic N) is 3. The summed E-state index contributed by atoms with van der Waals surface area (Å²) in [6, 6.07) is 23.3. The number of aromatic nitrogens is 3. The molecule has 164 valence electrons. The van der Waals surface area contributed by atoms with Gasteiger partial charge in [-0.25, -0.2) is 4.98 Å². The summed E-state index contributed by atoms with van der Waals surface area (Å²) in [6.07, 6.45) is 2.82. The average Bonchev–Trinajstić information content (AvgIpc) is 3.48. The topological polar surface area (TPSA) is 59.8 Å². The van der Waals surface area contributed by atoms with Crippen LogP contribution in [0.15, 0.2) is 79.0 Å². The maximum Gasteiger partial charge on any atom is 0.257 e. The minimum atomic E-state index is -0.247. The lowest BCUT2D eigenvalue weighted by molar-refractivity contribution is 0.102. The molecule has 0 bridgehead atoms. The van der Waals surface area contributed by atoms with E-state index in [4.69, 9.17) is 16.6 Å². The summed E-state index contributed by atoms with van der Waals surface area (Å²) in [5.74, 6) is 0.247. The number of carbonyl (C=O) groups excluding carboxylic acids is 1. The highest BCUT2D eigenvalue weighted by Gasteiger charge is 2.16. The zero-order chi connectivity index (χ0) is 22.8. The Kier molecular flexibility index (Phi) is 5.94. The van der Waals surface area contributed by atoms with Gasteiger partial charge in [-0.1, -0.05) is 48.9 Å². The smallest absolute Gasteiger partial charge is 0.257 e. The van der Waals surface area contributed by atoms with E-state index in [0.29, 0.717) is 28.3 Å². The van der Waals surface area contributed by atoms with Gasteiger partial charge in [-0.05, 0) is 48.4 Å². The highest BCUT2D eigenvalue weighted by atomic mass is 35.5. The van der Waals surface area contributed by atoms with Gasteiger partial charge in [-0.15, -0.1) is 11.3 Å². The molecule has 0 spiro atoms. The van der Waals surface area contributed by atoms with Crippen LogP contribution in [-0.4, -0.2) is 20.7 Å². The van der Waals surface area contributed by atoms with Gasteiger partial charge in [0.05, 0.1) is 28.2 Å². The molecule has 1 amide bonds. The third-order valence-electron chi connectivity index (χ3n) is 5.35. The Bertz CT molecular complexity index is 1440. The van der Waals surface area contributed by atoms with E-state index < -0.39 is 0 Å². The summed E-state index contributed by atoms with van der Waals surface area (Å²) in [4.78, 5) is 20.4. The largest absolute Gasteiger partial charge is 0.305 e. The maximum absolute atomic E-state index is 13.3. The number of anilines is 1. The highest BCUT2D eigenvalue weighted by molar-refractivity contribution is 7.15. The molecule has 5 rings (SSSR count). The monoisotopic (exact) mass is 472 g/mol. The fraction of sp³-hybridized carbons (Fsp3) is 0.115. The van der Waals surface area contributed by atoms with Crippen LogP contribution in [0.2, 0.25) is 5.02 Å². The Morgan fingerprint density at radius 2 is 1.91 bits per heavy atom. The van der Waals surface area contributed by atoms with E-state index in [1.807, 2.05) is 48.7 Å². The molecule has 2 aromatic carbocycles. The number of thiophene rings is 1. The first-order chi connectivity index (χ1) is 16.1. The minimum absolute atomic E-state index is 0.247. The van der Waals surface area contributed by atoms with Gasteiger partial charge in [0.1, 0.15) is 0 Å². The SMILES string of the molecule is CCc1ccc(-c2cc(C(=O)Nc3ccn(Cc4ccccc4)n3)c3cc(Cl)ccc3n2)s1. The van der Waals surface area contributed by atoms with E-state index in [0.717, 1.165) is 28.1 Å². The standard InChI is InChI=1S/C26H21ClN4OS/c1-2-19-9-11-24(33-19)23-15-21(20-14-18(27)8-10-22(20)28-23)26(32)29-25-12-13-31(30-25)16-17-6-4-3-5-7-17/h3-15H,2,16H2,1H3,(H,29,30,32). The number of carbonyl (C=O) groups is 1. The van der Waals surface area contributed by atoms with Crippen LogP contribution in [-0.2, 0) is 13.0 Å². The summed E-state index contributed by atoms with van der Waals surface area (Å²) in [5, 5.41) is 8.71. The predicted octanol–water partition coefficient (Wildman–Crippen LogP) is 6.68. The van der Waals surface area contributed by atoms with Crippen LogP contribution in [0.3, 0.4) is 0 Å². The van der Waals surface area contributed by atoms with Crippen LogP contribution in [0.1, 0.15) is 27.7 Å². The second-order valence-electron chi connectivity index (χ2n) is 7.67. The van der Waals surface area contributed by atoms with Crippen molar-refractivity contribution in [1.29, 1.82) is 0 Å². The molecule has 0 atom stereocenters. The van der Waals surface area contributed by atoms with E-state index >= 15 is 0 Å². The normalized spacial score (nSPS) is 11.1. The van der Waals surface area contributed by atoms with Gasteiger partial charge < -0.3 is 5.32 Å². The number of pyridine rings is 1. The van der Waals surface area contributed by atoms with Gasteiger partial charge in [-0.3, -0.25) is 9.48 Å². The van der Waals surface area contributed by atoms with E-state index in [1.165, 1.54) is 4.88 Å². The lowest BCUT2D eigenvalue weighted by Crippen LogP contribution is -2.14. The van der Waals surface area contributed by atoms with Crippen LogP contribution in [0.4, 0.5) is 5.82 Å². The number of hydrogen-bond donors (Lipinski definition) is 1. The van der Waals surface area contributed by atoms with E-state index in [-0.39, 0.29) is 5.91 Å². The molecule has 0 fully saturated rings. The van der Waals surface area contributed by atoms with Crippen LogP contribution in [0.5, 0.6) is 0 Å². The van der Waals surface area contributed by atoms with Crippen molar-refractivity contribution in [3.8, 4) is 10.6 Å². The molecule has 0 saturated carbocycles. The Morgan fingerprint density at radius 3 is 2.70 bits per heavy atom. The van der Waals surface area contributed by atoms with Crippen LogP contribution in [0.25, 0.3) is 21.5 Å². The van der Waals surface area contributed by atoms with Crippen molar-refractivity contribution in [2.45, 2.75) is 19.9 Å². The molecule has 0 unspecified atom stereocenters. The van der Waals surface area contributed by atoms with E-state index in [1.54, 1.807) is 34.2 Å². The zero-order valence-electron chi connectivity index (χ0n) is 18.0. The fourth-order valence-electron chi connectivity index (χ4n) is 3.69. The van der Waals surface area contributed by atoms with Gasteiger partial charge in [0.15, 0.2) is 5.82 Å². The fourth-order valence-corrected chi connectivity index (χ4v) is 4.77. The lowest BCUT2D eigenvalue weighted by atomic mass is 10.1. The minimum Gasteiger partial charge on any atom is -0.305 e. The van der Waals surface area contributed by atoms with Gasteiger partial charge >= 0.3 is 0 Å². The third kappa shape index (κ3) is 4.67. The lowest BCUT2D eigenvalue weighted by Gasteiger charge is -2.09. The number of nitrogens with one attached hydrogen (secondary N) is 1. The number of benzene rings is 2. The van der Waals surface area contributed by atoms with Gasteiger partial charge in [0.2, 0.25) is 0 Å². The second-order valence-corrected chi connectivity index (χ2v) is 9.28. The van der Waals surface area contributed by atoms with Crippen molar-refractivity contribution in [3.63, 3.8) is 0 Å². The number of hydrogen-bond acceptors (Lipinski definition) is 4. The summed E-state index contributed by atoms with van der Waals surface area (Å²) in [5.41, 5.74) is 3.15. The first-order valence-electron chi connectivity index (χ1n) is 10.7. The van der Waals surface area contributed by atoms with Crippen molar-refractivity contribution in [2.75, 3.05) is 5.32 Å². The number of fused-ring (bicyclic) bond motifs is 1. The molecular formula is C26H21ClN4OS. The summed E-state index contributed by atoms with van der Waals surface area (Å²) in [6.45, 7) is 2.76. The van der Waals surface area contributed by atoms with Crippen molar-refractivity contribution < 1.29 is 4.79 Å². The van der Waals surface area contributed by atoms with Crippen LogP contribution in [0, 0.1) is 0 Å². The van der Waals surface area contributed by atoms with E-state index in [2.05, 4.69) is 29.5 Å². The Labute approximate surface area is 200 Å². The quantitative estimate of drug-likeness (QED) is 0.300. The van der Waals surface area contributed by atoms with Crippen LogP contribution >= 0.6 is 22.9 Å². The van der Waals surface area contributed by atoms with Crippen molar-refractivity contribution in [2.24, 2.45) is 0 Å². The molecule has 0 radical (unpaired) electrons. The van der Waals surface area contributed by atoms with Gasteiger partial charge in [-0.2, -0.15) is 5.10 Å². The van der Waals surface area contributed by atoms with Crippen LogP contribution < -0.4 is 5.32 Å². The third-order valence-corrected chi connectivity index (χ3v) is 6.83. The second kappa shape index (κ2) is 9.17. The zero-order valence-corrected chi connectivity index (χ0v) is 19.5. The molecule has 0 aliphatic heterocycles. The molecule has 33 heavy (non-hydrogen) atoms. The molecule has 5 nitrogen and oxygen atoms in total. The number of amides is 1. The number of halogens is 1. The Morgan fingerprint density at radius 1 is 1.06 bits per heavy atom. The highest BCUT2D eigenvalue weighted by Crippen LogP contribution is 2.31. The molecule has 0 aliphatic carbocycles. The van der Waals surface area contributed by atoms with Gasteiger partial charge in [0.25, 0.3) is 5.91 Å². The molecule has 3 aromatic heterocycles.